The van der Waals surface area contributed by atoms with Crippen molar-refractivity contribution in [3.63, 3.8) is 0 Å². The summed E-state index contributed by atoms with van der Waals surface area (Å²) in [5.41, 5.74) is 11.0. The van der Waals surface area contributed by atoms with E-state index in [4.69, 9.17) is 16.6 Å². The van der Waals surface area contributed by atoms with Crippen LogP contribution >= 0.6 is 0 Å². The standard InChI is InChI=1S/C23H20F3N7O3S/c24-23(25,26)11-18-20-17(10-16(27)19(32-20)21(28)34)30-22(31-18)33(14-4-2-1-3-5-14)12-13-6-8-15(9-7-13)37(29,35)36/h1-10H,11-12,27H2,(H2,28,34)(H2,29,35,36). The van der Waals surface area contributed by atoms with Crippen LogP contribution in [-0.2, 0) is 23.0 Å². The second-order valence-corrected chi connectivity index (χ2v) is 9.59. The maximum absolute atomic E-state index is 13.5. The van der Waals surface area contributed by atoms with Crippen LogP contribution in [0.4, 0.5) is 30.5 Å². The Kier molecular flexibility index (Phi) is 6.71. The predicted molar refractivity (Wildman–Crippen MR) is 130 cm³/mol. The van der Waals surface area contributed by atoms with E-state index in [1.54, 1.807) is 35.2 Å². The molecule has 10 nitrogen and oxygen atoms in total. The lowest BCUT2D eigenvalue weighted by molar-refractivity contribution is -0.127. The molecule has 0 bridgehead atoms. The van der Waals surface area contributed by atoms with E-state index in [1.165, 1.54) is 30.3 Å². The number of nitrogen functional groups attached to an aromatic ring is 1. The van der Waals surface area contributed by atoms with E-state index in [0.717, 1.165) is 0 Å². The monoisotopic (exact) mass is 531 g/mol. The molecule has 4 aromatic rings. The van der Waals surface area contributed by atoms with Gasteiger partial charge in [0.15, 0.2) is 5.69 Å². The molecule has 0 aliphatic heterocycles. The first-order valence-electron chi connectivity index (χ1n) is 10.6. The maximum atomic E-state index is 13.5. The van der Waals surface area contributed by atoms with E-state index < -0.39 is 34.2 Å². The Morgan fingerprint density at radius 3 is 2.19 bits per heavy atom. The van der Waals surface area contributed by atoms with E-state index in [1.807, 2.05) is 0 Å². The van der Waals surface area contributed by atoms with Crippen molar-refractivity contribution in [1.82, 2.24) is 15.0 Å². The van der Waals surface area contributed by atoms with Gasteiger partial charge in [-0.05, 0) is 35.9 Å². The molecular formula is C23H20F3N7O3S. The van der Waals surface area contributed by atoms with Crippen molar-refractivity contribution < 1.29 is 26.4 Å². The number of aromatic nitrogens is 3. The number of amides is 1. The number of pyridine rings is 1. The third kappa shape index (κ3) is 5.92. The number of hydrogen-bond donors (Lipinski definition) is 3. The fourth-order valence-electron chi connectivity index (χ4n) is 3.61. The van der Waals surface area contributed by atoms with Gasteiger partial charge in [-0.3, -0.25) is 4.79 Å². The number of carbonyl (C=O) groups excluding carboxylic acids is 1. The molecule has 0 unspecified atom stereocenters. The second-order valence-electron chi connectivity index (χ2n) is 8.03. The molecule has 0 saturated heterocycles. The summed E-state index contributed by atoms with van der Waals surface area (Å²) in [6.45, 7) is 0.0636. The number of benzene rings is 2. The van der Waals surface area contributed by atoms with Gasteiger partial charge in [-0.25, -0.2) is 28.5 Å². The Hall–Kier alpha value is -4.30. The van der Waals surface area contributed by atoms with E-state index in [9.17, 15) is 26.4 Å². The molecule has 2 aromatic carbocycles. The molecule has 1 amide bonds. The van der Waals surface area contributed by atoms with Gasteiger partial charge in [-0.15, -0.1) is 0 Å². The predicted octanol–water partition coefficient (Wildman–Crippen LogP) is 2.80. The van der Waals surface area contributed by atoms with E-state index in [0.29, 0.717) is 11.3 Å². The summed E-state index contributed by atoms with van der Waals surface area (Å²) >= 11 is 0. The smallest absolute Gasteiger partial charge is 0.394 e. The fourth-order valence-corrected chi connectivity index (χ4v) is 4.12. The number of rotatable bonds is 7. The van der Waals surface area contributed by atoms with Crippen molar-refractivity contribution in [3.8, 4) is 0 Å². The number of primary sulfonamides is 1. The van der Waals surface area contributed by atoms with Crippen molar-refractivity contribution in [2.75, 3.05) is 10.6 Å². The highest BCUT2D eigenvalue weighted by atomic mass is 32.2. The highest BCUT2D eigenvalue weighted by Gasteiger charge is 2.31. The molecule has 0 atom stereocenters. The molecule has 14 heteroatoms. The minimum atomic E-state index is -4.64. The van der Waals surface area contributed by atoms with Crippen LogP contribution in [0.25, 0.3) is 11.0 Å². The Labute approximate surface area is 209 Å². The number of hydrogen-bond acceptors (Lipinski definition) is 8. The molecule has 6 N–H and O–H groups in total. The molecule has 0 aliphatic rings. The van der Waals surface area contributed by atoms with Gasteiger partial charge >= 0.3 is 6.18 Å². The number of halogens is 3. The number of nitrogens with two attached hydrogens (primary N) is 3. The van der Waals surface area contributed by atoms with Crippen LogP contribution in [0.1, 0.15) is 21.7 Å². The van der Waals surface area contributed by atoms with E-state index >= 15 is 0 Å². The normalized spacial score (nSPS) is 12.0. The van der Waals surface area contributed by atoms with Crippen LogP contribution in [0.15, 0.2) is 65.6 Å². The average Bonchev–Trinajstić information content (AvgIpc) is 2.81. The Morgan fingerprint density at radius 1 is 0.973 bits per heavy atom. The zero-order valence-corrected chi connectivity index (χ0v) is 19.8. The molecule has 192 valence electrons. The molecule has 0 saturated carbocycles. The minimum absolute atomic E-state index is 0.0164. The molecule has 0 aliphatic carbocycles. The van der Waals surface area contributed by atoms with E-state index in [-0.39, 0.29) is 39.8 Å². The van der Waals surface area contributed by atoms with Crippen LogP contribution in [0, 0.1) is 0 Å². The van der Waals surface area contributed by atoms with Gasteiger partial charge in [-0.1, -0.05) is 30.3 Å². The molecule has 37 heavy (non-hydrogen) atoms. The molecule has 2 heterocycles. The summed E-state index contributed by atoms with van der Waals surface area (Å²) < 4.78 is 63.6. The zero-order chi connectivity index (χ0) is 27.0. The first-order chi connectivity index (χ1) is 17.3. The second kappa shape index (κ2) is 9.63. The lowest BCUT2D eigenvalue weighted by atomic mass is 10.1. The third-order valence-electron chi connectivity index (χ3n) is 5.26. The van der Waals surface area contributed by atoms with Crippen molar-refractivity contribution in [2.24, 2.45) is 10.9 Å². The lowest BCUT2D eigenvalue weighted by Gasteiger charge is -2.24. The third-order valence-corrected chi connectivity index (χ3v) is 6.19. The minimum Gasteiger partial charge on any atom is -0.397 e. The SMILES string of the molecule is NC(=O)c1nc2c(CC(F)(F)F)nc(N(Cc3ccc(S(N)(=O)=O)cc3)c3ccccc3)nc2cc1N. The number of nitrogens with zero attached hydrogens (tertiary/aromatic N) is 4. The number of alkyl halides is 3. The summed E-state index contributed by atoms with van der Waals surface area (Å²) in [5.74, 6) is -1.10. The lowest BCUT2D eigenvalue weighted by Crippen LogP contribution is -2.22. The van der Waals surface area contributed by atoms with Crippen LogP contribution < -0.4 is 21.5 Å². The van der Waals surface area contributed by atoms with Crippen molar-refractivity contribution in [1.29, 1.82) is 0 Å². The number of sulfonamides is 1. The van der Waals surface area contributed by atoms with Crippen LogP contribution in [-0.4, -0.2) is 35.5 Å². The summed E-state index contributed by atoms with van der Waals surface area (Å²) in [7, 11) is -3.91. The highest BCUT2D eigenvalue weighted by Crippen LogP contribution is 2.31. The first kappa shape index (κ1) is 25.8. The summed E-state index contributed by atoms with van der Waals surface area (Å²) in [6, 6.07) is 15.5. The van der Waals surface area contributed by atoms with E-state index in [2.05, 4.69) is 15.0 Å². The first-order valence-corrected chi connectivity index (χ1v) is 12.1. The summed E-state index contributed by atoms with van der Waals surface area (Å²) in [6.07, 6.45) is -6.09. The van der Waals surface area contributed by atoms with Gasteiger partial charge in [0.1, 0.15) is 5.52 Å². The summed E-state index contributed by atoms with van der Waals surface area (Å²) in [5, 5.41) is 5.16. The number of anilines is 3. The Balaban J connectivity index is 1.89. The largest absolute Gasteiger partial charge is 0.397 e. The molecule has 0 spiro atoms. The van der Waals surface area contributed by atoms with Gasteiger partial charge in [0.2, 0.25) is 16.0 Å². The number of para-hydroxylation sites is 1. The zero-order valence-electron chi connectivity index (χ0n) is 19.0. The van der Waals surface area contributed by atoms with Gasteiger partial charge < -0.3 is 16.4 Å². The number of primary amides is 1. The number of carbonyl (C=O) groups is 1. The summed E-state index contributed by atoms with van der Waals surface area (Å²) in [4.78, 5) is 25.6. The Bertz CT molecular complexity index is 1580. The van der Waals surface area contributed by atoms with Crippen LogP contribution in [0.3, 0.4) is 0 Å². The highest BCUT2D eigenvalue weighted by molar-refractivity contribution is 7.89. The topological polar surface area (TPSA) is 171 Å². The van der Waals surface area contributed by atoms with Crippen molar-refractivity contribution in [3.05, 3.63) is 77.6 Å². The van der Waals surface area contributed by atoms with Crippen LogP contribution in [0.2, 0.25) is 0 Å². The van der Waals surface area contributed by atoms with Gasteiger partial charge in [0.25, 0.3) is 5.91 Å². The van der Waals surface area contributed by atoms with Crippen molar-refractivity contribution >= 4 is 44.3 Å². The number of fused-ring (bicyclic) bond motifs is 1. The molecule has 4 rings (SSSR count). The van der Waals surface area contributed by atoms with Gasteiger partial charge in [0.05, 0.1) is 34.8 Å². The van der Waals surface area contributed by atoms with Crippen LogP contribution in [0.5, 0.6) is 0 Å². The molecule has 2 aromatic heterocycles. The average molecular weight is 532 g/mol. The molecule has 0 fully saturated rings. The maximum Gasteiger partial charge on any atom is 0.394 e. The fraction of sp³-hybridized carbons (Fsp3) is 0.130. The molecule has 0 radical (unpaired) electrons. The van der Waals surface area contributed by atoms with Gasteiger partial charge in [-0.2, -0.15) is 13.2 Å². The quantitative estimate of drug-likeness (QED) is 0.327. The molecular weight excluding hydrogens is 511 g/mol. The van der Waals surface area contributed by atoms with Crippen molar-refractivity contribution in [2.45, 2.75) is 24.0 Å². The van der Waals surface area contributed by atoms with Gasteiger partial charge in [0, 0.05) is 5.69 Å². The Morgan fingerprint density at radius 2 is 1.62 bits per heavy atom.